The van der Waals surface area contributed by atoms with Crippen LogP contribution in [-0.4, -0.2) is 59.6 Å². The molecule has 0 aliphatic carbocycles. The van der Waals surface area contributed by atoms with Crippen molar-refractivity contribution in [3.05, 3.63) is 53.4 Å². The zero-order chi connectivity index (χ0) is 19.0. The molecule has 0 radical (unpaired) electrons. The highest BCUT2D eigenvalue weighted by Crippen LogP contribution is 2.42. The van der Waals surface area contributed by atoms with Crippen LogP contribution in [0.15, 0.2) is 40.9 Å². The first-order chi connectivity index (χ1) is 13.0. The third-order valence-electron chi connectivity index (χ3n) is 5.69. The van der Waals surface area contributed by atoms with Crippen molar-refractivity contribution < 1.29 is 18.8 Å². The summed E-state index contributed by atoms with van der Waals surface area (Å²) in [6.07, 6.45) is 0.544. The number of nitrogens with zero attached hydrogens (tertiary/aromatic N) is 3. The standard InChI is InChI=1S/C20H23N3O4/c1-14-10-16(27-21-14)11-18(24)23-9-8-20(15-6-4-3-5-7-15)17(12-23)26-13-19(25)22(20)2/h3-7,10,17H,8-9,11-13H2,1-2H3/t17-,20+/m1/s1. The van der Waals surface area contributed by atoms with Gasteiger partial charge in [0, 0.05) is 26.2 Å². The molecule has 0 unspecified atom stereocenters. The number of carbonyl (C=O) groups is 2. The number of hydrogen-bond donors (Lipinski definition) is 0. The van der Waals surface area contributed by atoms with Crippen LogP contribution in [-0.2, 0) is 26.3 Å². The van der Waals surface area contributed by atoms with Crippen LogP contribution in [0.25, 0.3) is 0 Å². The summed E-state index contributed by atoms with van der Waals surface area (Å²) in [5, 5.41) is 3.83. The number of likely N-dealkylation sites (N-methyl/N-ethyl adjacent to an activating group) is 1. The summed E-state index contributed by atoms with van der Waals surface area (Å²) >= 11 is 0. The molecule has 1 aromatic carbocycles. The summed E-state index contributed by atoms with van der Waals surface area (Å²) in [4.78, 5) is 28.7. The van der Waals surface area contributed by atoms with Crippen LogP contribution in [0, 0.1) is 6.92 Å². The Hall–Kier alpha value is -2.67. The zero-order valence-electron chi connectivity index (χ0n) is 15.6. The number of aromatic nitrogens is 1. The minimum Gasteiger partial charge on any atom is -0.364 e. The predicted octanol–water partition coefficient (Wildman–Crippen LogP) is 1.51. The largest absolute Gasteiger partial charge is 0.364 e. The van der Waals surface area contributed by atoms with Crippen molar-refractivity contribution in [2.75, 3.05) is 26.7 Å². The molecule has 27 heavy (non-hydrogen) atoms. The van der Waals surface area contributed by atoms with Gasteiger partial charge in [-0.2, -0.15) is 0 Å². The highest BCUT2D eigenvalue weighted by atomic mass is 16.5. The molecule has 7 heteroatoms. The van der Waals surface area contributed by atoms with E-state index in [1.165, 1.54) is 0 Å². The number of carbonyl (C=O) groups excluding carboxylic acids is 2. The van der Waals surface area contributed by atoms with E-state index in [1.54, 1.807) is 15.9 Å². The molecule has 4 rings (SSSR count). The average molecular weight is 369 g/mol. The summed E-state index contributed by atoms with van der Waals surface area (Å²) in [6, 6.07) is 11.7. The Morgan fingerprint density at radius 3 is 2.81 bits per heavy atom. The number of likely N-dealkylation sites (tertiary alicyclic amines) is 1. The van der Waals surface area contributed by atoms with Gasteiger partial charge >= 0.3 is 0 Å². The van der Waals surface area contributed by atoms with Gasteiger partial charge in [-0.15, -0.1) is 0 Å². The average Bonchev–Trinajstić information content (AvgIpc) is 3.10. The van der Waals surface area contributed by atoms with Crippen LogP contribution in [0.2, 0.25) is 0 Å². The Morgan fingerprint density at radius 2 is 2.11 bits per heavy atom. The number of amides is 2. The van der Waals surface area contributed by atoms with E-state index < -0.39 is 5.54 Å². The second kappa shape index (κ2) is 6.81. The van der Waals surface area contributed by atoms with Gasteiger partial charge in [0.05, 0.1) is 17.7 Å². The van der Waals surface area contributed by atoms with E-state index in [0.717, 1.165) is 11.3 Å². The molecular formula is C20H23N3O4. The van der Waals surface area contributed by atoms with Gasteiger partial charge in [-0.1, -0.05) is 35.5 Å². The van der Waals surface area contributed by atoms with Crippen LogP contribution in [0.5, 0.6) is 0 Å². The van der Waals surface area contributed by atoms with Gasteiger partial charge in [-0.3, -0.25) is 9.59 Å². The lowest BCUT2D eigenvalue weighted by Crippen LogP contribution is -2.67. The molecule has 0 bridgehead atoms. The number of aryl methyl sites for hydroxylation is 1. The van der Waals surface area contributed by atoms with Gasteiger partial charge < -0.3 is 19.1 Å². The lowest BCUT2D eigenvalue weighted by atomic mass is 9.76. The molecule has 7 nitrogen and oxygen atoms in total. The van der Waals surface area contributed by atoms with Crippen LogP contribution in [0.3, 0.4) is 0 Å². The van der Waals surface area contributed by atoms with Crippen molar-refractivity contribution in [2.24, 2.45) is 0 Å². The Balaban J connectivity index is 1.57. The zero-order valence-corrected chi connectivity index (χ0v) is 15.6. The van der Waals surface area contributed by atoms with Crippen LogP contribution in [0.1, 0.15) is 23.4 Å². The van der Waals surface area contributed by atoms with Crippen molar-refractivity contribution in [2.45, 2.75) is 31.4 Å². The summed E-state index contributed by atoms with van der Waals surface area (Å²) in [5.74, 6) is 0.511. The molecule has 2 saturated heterocycles. The second-order valence-electron chi connectivity index (χ2n) is 7.24. The predicted molar refractivity (Wildman–Crippen MR) is 96.8 cm³/mol. The van der Waals surface area contributed by atoms with E-state index in [9.17, 15) is 9.59 Å². The fourth-order valence-corrected chi connectivity index (χ4v) is 4.21. The van der Waals surface area contributed by atoms with Gasteiger partial charge in [-0.05, 0) is 18.9 Å². The minimum absolute atomic E-state index is 0.0176. The molecule has 0 saturated carbocycles. The third kappa shape index (κ3) is 3.02. The lowest BCUT2D eigenvalue weighted by Gasteiger charge is -2.54. The maximum atomic E-state index is 12.7. The van der Waals surface area contributed by atoms with Crippen LogP contribution in [0.4, 0.5) is 0 Å². The van der Waals surface area contributed by atoms with Crippen LogP contribution >= 0.6 is 0 Å². The summed E-state index contributed by atoms with van der Waals surface area (Å²) in [6.45, 7) is 2.87. The Labute approximate surface area is 157 Å². The van der Waals surface area contributed by atoms with Crippen molar-refractivity contribution in [3.63, 3.8) is 0 Å². The van der Waals surface area contributed by atoms with Crippen LogP contribution < -0.4 is 0 Å². The molecule has 1 aromatic heterocycles. The molecule has 142 valence electrons. The van der Waals surface area contributed by atoms with Gasteiger partial charge in [0.1, 0.15) is 18.5 Å². The van der Waals surface area contributed by atoms with Gasteiger partial charge in [0.2, 0.25) is 11.8 Å². The lowest BCUT2D eigenvalue weighted by molar-refractivity contribution is -0.184. The summed E-state index contributed by atoms with van der Waals surface area (Å²) in [7, 11) is 1.83. The van der Waals surface area contributed by atoms with Crippen molar-refractivity contribution in [1.82, 2.24) is 15.0 Å². The quantitative estimate of drug-likeness (QED) is 0.820. The second-order valence-corrected chi connectivity index (χ2v) is 7.24. The van der Waals surface area contributed by atoms with Gasteiger partial charge in [0.15, 0.2) is 0 Å². The smallest absolute Gasteiger partial charge is 0.249 e. The highest BCUT2D eigenvalue weighted by Gasteiger charge is 2.53. The van der Waals surface area contributed by atoms with E-state index in [-0.39, 0.29) is 30.9 Å². The highest BCUT2D eigenvalue weighted by molar-refractivity contribution is 5.80. The van der Waals surface area contributed by atoms with E-state index >= 15 is 0 Å². The first-order valence-corrected chi connectivity index (χ1v) is 9.14. The SMILES string of the molecule is Cc1cc(CC(=O)N2CC[C@]3(c4ccccc4)[C@@H](C2)OCC(=O)N3C)on1. The van der Waals surface area contributed by atoms with Crippen molar-refractivity contribution in [1.29, 1.82) is 0 Å². The number of ether oxygens (including phenoxy) is 1. The fraction of sp³-hybridized carbons (Fsp3) is 0.450. The number of rotatable bonds is 3. The number of fused-ring (bicyclic) bond motifs is 1. The molecule has 2 fully saturated rings. The number of hydrogen-bond acceptors (Lipinski definition) is 5. The molecule has 2 aromatic rings. The first-order valence-electron chi connectivity index (χ1n) is 9.14. The number of piperidine rings is 1. The van der Waals surface area contributed by atoms with Gasteiger partial charge in [0.25, 0.3) is 0 Å². The molecule has 3 heterocycles. The van der Waals surface area contributed by atoms with Crippen molar-refractivity contribution in [3.8, 4) is 0 Å². The van der Waals surface area contributed by atoms with E-state index in [1.807, 2.05) is 44.3 Å². The molecule has 2 atom stereocenters. The topological polar surface area (TPSA) is 75.9 Å². The minimum atomic E-state index is -0.545. The Morgan fingerprint density at radius 1 is 1.33 bits per heavy atom. The van der Waals surface area contributed by atoms with E-state index in [0.29, 0.717) is 25.3 Å². The fourth-order valence-electron chi connectivity index (χ4n) is 4.21. The molecule has 0 N–H and O–H groups in total. The molecular weight excluding hydrogens is 346 g/mol. The maximum absolute atomic E-state index is 12.7. The number of morpholine rings is 1. The third-order valence-corrected chi connectivity index (χ3v) is 5.69. The van der Waals surface area contributed by atoms with Crippen molar-refractivity contribution >= 4 is 11.8 Å². The summed E-state index contributed by atoms with van der Waals surface area (Å²) < 4.78 is 11.1. The first kappa shape index (κ1) is 17.7. The molecule has 2 aliphatic heterocycles. The monoisotopic (exact) mass is 369 g/mol. The number of benzene rings is 1. The van der Waals surface area contributed by atoms with Gasteiger partial charge in [-0.25, -0.2) is 0 Å². The van der Waals surface area contributed by atoms with E-state index in [4.69, 9.17) is 9.26 Å². The maximum Gasteiger partial charge on any atom is 0.249 e. The Kier molecular flexibility index (Phi) is 4.47. The summed E-state index contributed by atoms with van der Waals surface area (Å²) in [5.41, 5.74) is 1.26. The molecule has 2 amide bonds. The molecule has 0 spiro atoms. The normalized spacial score (nSPS) is 25.4. The van der Waals surface area contributed by atoms with E-state index in [2.05, 4.69) is 5.16 Å². The molecule has 2 aliphatic rings. The Bertz CT molecular complexity index is 850.